The third-order valence-electron chi connectivity index (χ3n) is 5.20. The van der Waals surface area contributed by atoms with Gasteiger partial charge in [-0.1, -0.05) is 20.3 Å². The molecule has 4 atom stereocenters. The van der Waals surface area contributed by atoms with Gasteiger partial charge in [0.05, 0.1) is 6.10 Å². The minimum atomic E-state index is 0.505. The average molecular weight is 268 g/mol. The lowest BCUT2D eigenvalue weighted by molar-refractivity contribution is 0.00926. The SMILES string of the molecule is CCNC1CCN(C2CCCC(OC)C2)CC1CC. The van der Waals surface area contributed by atoms with Gasteiger partial charge in [-0.3, -0.25) is 4.90 Å². The maximum absolute atomic E-state index is 5.59. The molecule has 0 amide bonds. The number of rotatable bonds is 5. The molecule has 3 heteroatoms. The zero-order valence-corrected chi connectivity index (χ0v) is 13.0. The summed E-state index contributed by atoms with van der Waals surface area (Å²) < 4.78 is 5.59. The van der Waals surface area contributed by atoms with Gasteiger partial charge in [0.15, 0.2) is 0 Å². The molecular weight excluding hydrogens is 236 g/mol. The van der Waals surface area contributed by atoms with Crippen molar-refractivity contribution in [2.24, 2.45) is 5.92 Å². The number of hydrogen-bond acceptors (Lipinski definition) is 3. The molecule has 2 aliphatic rings. The summed E-state index contributed by atoms with van der Waals surface area (Å²) in [5.41, 5.74) is 0. The molecule has 0 radical (unpaired) electrons. The van der Waals surface area contributed by atoms with Crippen molar-refractivity contribution in [2.45, 2.75) is 70.6 Å². The highest BCUT2D eigenvalue weighted by Crippen LogP contribution is 2.29. The van der Waals surface area contributed by atoms with Crippen molar-refractivity contribution < 1.29 is 4.74 Å². The van der Waals surface area contributed by atoms with Crippen molar-refractivity contribution in [2.75, 3.05) is 26.7 Å². The maximum atomic E-state index is 5.59. The summed E-state index contributed by atoms with van der Waals surface area (Å²) in [6.07, 6.45) is 8.35. The maximum Gasteiger partial charge on any atom is 0.0586 e. The Morgan fingerprint density at radius 2 is 2.05 bits per heavy atom. The first-order chi connectivity index (χ1) is 9.28. The largest absolute Gasteiger partial charge is 0.381 e. The molecule has 0 aromatic carbocycles. The van der Waals surface area contributed by atoms with Crippen molar-refractivity contribution in [1.82, 2.24) is 10.2 Å². The van der Waals surface area contributed by atoms with Crippen LogP contribution in [0.2, 0.25) is 0 Å². The number of nitrogens with zero attached hydrogens (tertiary/aromatic N) is 1. The molecule has 0 bridgehead atoms. The Morgan fingerprint density at radius 1 is 1.21 bits per heavy atom. The molecule has 0 spiro atoms. The average Bonchev–Trinajstić information content (AvgIpc) is 2.48. The Kier molecular flexibility index (Phi) is 6.11. The molecule has 112 valence electrons. The van der Waals surface area contributed by atoms with Gasteiger partial charge in [0.25, 0.3) is 0 Å². The van der Waals surface area contributed by atoms with Crippen molar-refractivity contribution >= 4 is 0 Å². The van der Waals surface area contributed by atoms with Gasteiger partial charge >= 0.3 is 0 Å². The van der Waals surface area contributed by atoms with E-state index in [1.54, 1.807) is 0 Å². The van der Waals surface area contributed by atoms with Crippen molar-refractivity contribution in [3.63, 3.8) is 0 Å². The van der Waals surface area contributed by atoms with E-state index >= 15 is 0 Å². The van der Waals surface area contributed by atoms with Crippen molar-refractivity contribution in [3.05, 3.63) is 0 Å². The van der Waals surface area contributed by atoms with E-state index in [0.717, 1.165) is 24.5 Å². The first-order valence-electron chi connectivity index (χ1n) is 8.28. The molecule has 1 N–H and O–H groups in total. The second-order valence-corrected chi connectivity index (χ2v) is 6.29. The predicted octanol–water partition coefficient (Wildman–Crippen LogP) is 2.65. The van der Waals surface area contributed by atoms with E-state index in [4.69, 9.17) is 4.74 Å². The number of hydrogen-bond donors (Lipinski definition) is 1. The standard InChI is InChI=1S/C16H32N2O/c1-4-13-12-18(10-9-16(13)17-5-2)14-7-6-8-15(11-14)19-3/h13-17H,4-12H2,1-3H3. The highest BCUT2D eigenvalue weighted by molar-refractivity contribution is 4.89. The third kappa shape index (κ3) is 3.93. The molecule has 1 heterocycles. The van der Waals surface area contributed by atoms with Gasteiger partial charge in [0, 0.05) is 25.7 Å². The lowest BCUT2D eigenvalue weighted by Crippen LogP contribution is -2.53. The summed E-state index contributed by atoms with van der Waals surface area (Å²) in [5, 5.41) is 3.68. The molecule has 1 aliphatic carbocycles. The zero-order valence-electron chi connectivity index (χ0n) is 13.0. The fraction of sp³-hybridized carbons (Fsp3) is 1.00. The number of methoxy groups -OCH3 is 1. The minimum absolute atomic E-state index is 0.505. The number of ether oxygens (including phenoxy) is 1. The Balaban J connectivity index is 1.88. The van der Waals surface area contributed by atoms with Gasteiger partial charge in [0.1, 0.15) is 0 Å². The number of nitrogens with one attached hydrogen (secondary N) is 1. The molecule has 1 saturated heterocycles. The zero-order chi connectivity index (χ0) is 13.7. The summed E-state index contributed by atoms with van der Waals surface area (Å²) in [7, 11) is 1.87. The quantitative estimate of drug-likeness (QED) is 0.829. The van der Waals surface area contributed by atoms with E-state index < -0.39 is 0 Å². The topological polar surface area (TPSA) is 24.5 Å². The van der Waals surface area contributed by atoms with Gasteiger partial charge in [0.2, 0.25) is 0 Å². The molecule has 2 rings (SSSR count). The van der Waals surface area contributed by atoms with Crippen LogP contribution < -0.4 is 5.32 Å². The molecule has 4 unspecified atom stereocenters. The number of likely N-dealkylation sites (tertiary alicyclic amines) is 1. The van der Waals surface area contributed by atoms with Crippen LogP contribution in [0.4, 0.5) is 0 Å². The van der Waals surface area contributed by atoms with Crippen LogP contribution >= 0.6 is 0 Å². The second-order valence-electron chi connectivity index (χ2n) is 6.29. The Labute approximate surface area is 119 Å². The highest BCUT2D eigenvalue weighted by Gasteiger charge is 2.33. The summed E-state index contributed by atoms with van der Waals surface area (Å²) in [6, 6.07) is 1.52. The van der Waals surface area contributed by atoms with Crippen molar-refractivity contribution in [1.29, 1.82) is 0 Å². The second kappa shape index (κ2) is 7.61. The van der Waals surface area contributed by atoms with Crippen molar-refractivity contribution in [3.8, 4) is 0 Å². The summed E-state index contributed by atoms with van der Waals surface area (Å²) in [5.74, 6) is 0.830. The number of piperidine rings is 1. The van der Waals surface area contributed by atoms with E-state index in [1.165, 1.54) is 51.6 Å². The first kappa shape index (κ1) is 15.3. The van der Waals surface area contributed by atoms with Crippen LogP contribution in [0.15, 0.2) is 0 Å². The fourth-order valence-electron chi connectivity index (χ4n) is 4.00. The van der Waals surface area contributed by atoms with Crippen LogP contribution in [-0.4, -0.2) is 49.8 Å². The van der Waals surface area contributed by atoms with E-state index in [1.807, 2.05) is 7.11 Å². The molecule has 1 aliphatic heterocycles. The van der Waals surface area contributed by atoms with Crippen LogP contribution in [0.3, 0.4) is 0 Å². The Bertz CT molecular complexity index is 259. The Morgan fingerprint density at radius 3 is 2.74 bits per heavy atom. The van der Waals surface area contributed by atoms with Crippen LogP contribution in [0.5, 0.6) is 0 Å². The molecule has 2 fully saturated rings. The van der Waals surface area contributed by atoms with Crippen LogP contribution in [0.25, 0.3) is 0 Å². The van der Waals surface area contributed by atoms with Crippen LogP contribution in [0.1, 0.15) is 52.4 Å². The third-order valence-corrected chi connectivity index (χ3v) is 5.20. The molecule has 19 heavy (non-hydrogen) atoms. The summed E-state index contributed by atoms with van der Waals surface area (Å²) in [6.45, 7) is 8.24. The Hall–Kier alpha value is -0.120. The van der Waals surface area contributed by atoms with E-state index in [0.29, 0.717) is 6.10 Å². The molecule has 0 aromatic heterocycles. The lowest BCUT2D eigenvalue weighted by atomic mass is 9.85. The highest BCUT2D eigenvalue weighted by atomic mass is 16.5. The van der Waals surface area contributed by atoms with E-state index in [-0.39, 0.29) is 0 Å². The van der Waals surface area contributed by atoms with Crippen LogP contribution in [0, 0.1) is 5.92 Å². The van der Waals surface area contributed by atoms with Gasteiger partial charge in [-0.15, -0.1) is 0 Å². The first-order valence-corrected chi connectivity index (χ1v) is 8.28. The normalized spacial score (nSPS) is 37.4. The predicted molar refractivity (Wildman–Crippen MR) is 80.5 cm³/mol. The lowest BCUT2D eigenvalue weighted by Gasteiger charge is -2.44. The van der Waals surface area contributed by atoms with Gasteiger partial charge in [-0.25, -0.2) is 0 Å². The van der Waals surface area contributed by atoms with Gasteiger partial charge in [-0.05, 0) is 51.1 Å². The summed E-state index contributed by atoms with van der Waals surface area (Å²) >= 11 is 0. The summed E-state index contributed by atoms with van der Waals surface area (Å²) in [4.78, 5) is 2.76. The smallest absolute Gasteiger partial charge is 0.0586 e. The van der Waals surface area contributed by atoms with Crippen LogP contribution in [-0.2, 0) is 4.74 Å². The van der Waals surface area contributed by atoms with Gasteiger partial charge in [-0.2, -0.15) is 0 Å². The fourth-order valence-corrected chi connectivity index (χ4v) is 4.00. The molecule has 0 aromatic rings. The van der Waals surface area contributed by atoms with E-state index in [9.17, 15) is 0 Å². The van der Waals surface area contributed by atoms with Gasteiger partial charge < -0.3 is 10.1 Å². The molecule has 3 nitrogen and oxygen atoms in total. The monoisotopic (exact) mass is 268 g/mol. The molecule has 1 saturated carbocycles. The van der Waals surface area contributed by atoms with E-state index in [2.05, 4.69) is 24.1 Å². The molecular formula is C16H32N2O. The minimum Gasteiger partial charge on any atom is -0.381 e.